The number of aromatic amines is 1. The van der Waals surface area contributed by atoms with Gasteiger partial charge in [-0.15, -0.1) is 0 Å². The normalized spacial score (nSPS) is 27.2. The first-order valence-corrected chi connectivity index (χ1v) is 7.34. The Kier molecular flexibility index (Phi) is 4.49. The van der Waals surface area contributed by atoms with Crippen LogP contribution >= 0.6 is 12.2 Å². The number of fused-ring (bicyclic) bond motifs is 1. The molecular weight excluding hydrogens is 370 g/mol. The molecule has 2 aromatic heterocycles. The van der Waals surface area contributed by atoms with Gasteiger partial charge >= 0.3 is 6.18 Å². The van der Waals surface area contributed by atoms with Crippen molar-refractivity contribution in [1.82, 2.24) is 15.0 Å². The molecule has 0 aromatic carbocycles. The fourth-order valence-electron chi connectivity index (χ4n) is 2.56. The molecule has 25 heavy (non-hydrogen) atoms. The second-order valence-corrected chi connectivity index (χ2v) is 5.82. The summed E-state index contributed by atoms with van der Waals surface area (Å²) in [6, 6.07) is 1.12. The molecule has 12 heteroatoms. The number of hydrogen-bond acceptors (Lipinski definition) is 7. The van der Waals surface area contributed by atoms with Crippen LogP contribution in [0.2, 0.25) is 0 Å². The van der Waals surface area contributed by atoms with E-state index in [1.165, 1.54) is 0 Å². The van der Waals surface area contributed by atoms with E-state index < -0.39 is 54.5 Å². The van der Waals surface area contributed by atoms with Crippen LogP contribution in [0.4, 0.5) is 17.6 Å². The highest BCUT2D eigenvalue weighted by molar-refractivity contribution is 7.71. The van der Waals surface area contributed by atoms with E-state index in [1.807, 2.05) is 0 Å². The SMILES string of the molecule is OC[C@H]1O[C@@H](c2cc3nc(F)c(C(F)(F)F)nc3[nH]c2=S)C(O)[C@H]1O. The summed E-state index contributed by atoms with van der Waals surface area (Å²) in [6.07, 6.45) is -10.1. The van der Waals surface area contributed by atoms with Crippen molar-refractivity contribution in [3.05, 3.63) is 27.9 Å². The minimum Gasteiger partial charge on any atom is -0.394 e. The number of rotatable bonds is 2. The van der Waals surface area contributed by atoms with Gasteiger partial charge in [0.1, 0.15) is 34.6 Å². The highest BCUT2D eigenvalue weighted by Gasteiger charge is 2.44. The fourth-order valence-corrected chi connectivity index (χ4v) is 2.83. The number of ether oxygens (including phenoxy) is 1. The highest BCUT2D eigenvalue weighted by Crippen LogP contribution is 2.35. The van der Waals surface area contributed by atoms with E-state index in [1.54, 1.807) is 0 Å². The van der Waals surface area contributed by atoms with Crippen LogP contribution < -0.4 is 0 Å². The van der Waals surface area contributed by atoms with Gasteiger partial charge in [0.25, 0.3) is 0 Å². The lowest BCUT2D eigenvalue weighted by molar-refractivity contribution is -0.143. The second-order valence-electron chi connectivity index (χ2n) is 5.41. The number of pyridine rings is 1. The quantitative estimate of drug-likeness (QED) is 0.454. The van der Waals surface area contributed by atoms with Gasteiger partial charge in [-0.1, -0.05) is 12.2 Å². The first-order valence-electron chi connectivity index (χ1n) is 6.93. The second kappa shape index (κ2) is 6.21. The first-order chi connectivity index (χ1) is 11.6. The maximum atomic E-state index is 13.6. The predicted molar refractivity (Wildman–Crippen MR) is 76.4 cm³/mol. The molecule has 0 saturated carbocycles. The third-order valence-electron chi connectivity index (χ3n) is 3.78. The lowest BCUT2D eigenvalue weighted by atomic mass is 10.0. The Morgan fingerprint density at radius 2 is 1.92 bits per heavy atom. The predicted octanol–water partition coefficient (Wildman–Crippen LogP) is 0.999. The summed E-state index contributed by atoms with van der Waals surface area (Å²) in [5.41, 5.74) is -2.38. The topological polar surface area (TPSA) is 111 Å². The van der Waals surface area contributed by atoms with Crippen LogP contribution in [0, 0.1) is 10.6 Å². The Hall–Kier alpha value is -1.73. The number of alkyl halides is 3. The zero-order valence-corrected chi connectivity index (χ0v) is 13.0. The third kappa shape index (κ3) is 3.11. The first kappa shape index (κ1) is 18.1. The summed E-state index contributed by atoms with van der Waals surface area (Å²) in [4.78, 5) is 8.77. The van der Waals surface area contributed by atoms with Gasteiger partial charge in [0.2, 0.25) is 11.6 Å². The molecule has 3 rings (SSSR count). The van der Waals surface area contributed by atoms with Gasteiger partial charge in [-0.05, 0) is 6.07 Å². The van der Waals surface area contributed by atoms with Crippen LogP contribution in [0.1, 0.15) is 17.4 Å². The molecule has 0 bridgehead atoms. The lowest BCUT2D eigenvalue weighted by Crippen LogP contribution is -2.32. The number of halogens is 4. The van der Waals surface area contributed by atoms with E-state index in [2.05, 4.69) is 15.0 Å². The van der Waals surface area contributed by atoms with Crippen molar-refractivity contribution in [2.45, 2.75) is 30.6 Å². The highest BCUT2D eigenvalue weighted by atomic mass is 32.1. The zero-order chi connectivity index (χ0) is 18.5. The van der Waals surface area contributed by atoms with E-state index >= 15 is 0 Å². The summed E-state index contributed by atoms with van der Waals surface area (Å²) in [5.74, 6) is -1.81. The van der Waals surface area contributed by atoms with Crippen LogP contribution in [-0.4, -0.2) is 55.2 Å². The molecule has 4 atom stereocenters. The van der Waals surface area contributed by atoms with Gasteiger partial charge < -0.3 is 25.0 Å². The van der Waals surface area contributed by atoms with Crippen molar-refractivity contribution in [1.29, 1.82) is 0 Å². The maximum Gasteiger partial charge on any atom is 0.438 e. The van der Waals surface area contributed by atoms with Crippen molar-refractivity contribution in [3.63, 3.8) is 0 Å². The smallest absolute Gasteiger partial charge is 0.394 e. The molecule has 2 aromatic rings. The Labute approximate surface area is 141 Å². The molecule has 0 amide bonds. The molecule has 0 aliphatic carbocycles. The van der Waals surface area contributed by atoms with Gasteiger partial charge in [0.05, 0.1) is 6.61 Å². The van der Waals surface area contributed by atoms with E-state index in [0.29, 0.717) is 0 Å². The van der Waals surface area contributed by atoms with Crippen LogP contribution in [0.25, 0.3) is 11.2 Å². The Bertz CT molecular complexity index is 875. The molecule has 7 nitrogen and oxygen atoms in total. The average molecular weight is 381 g/mol. The van der Waals surface area contributed by atoms with Crippen LogP contribution in [0.3, 0.4) is 0 Å². The van der Waals surface area contributed by atoms with Crippen LogP contribution in [-0.2, 0) is 10.9 Å². The average Bonchev–Trinajstić information content (AvgIpc) is 2.81. The zero-order valence-electron chi connectivity index (χ0n) is 12.2. The largest absolute Gasteiger partial charge is 0.438 e. The molecule has 1 fully saturated rings. The number of aromatic nitrogens is 3. The van der Waals surface area contributed by atoms with E-state index in [9.17, 15) is 27.8 Å². The van der Waals surface area contributed by atoms with Crippen molar-refractivity contribution in [3.8, 4) is 0 Å². The number of aliphatic hydroxyl groups is 3. The molecule has 0 radical (unpaired) electrons. The summed E-state index contributed by atoms with van der Waals surface area (Å²) in [6.45, 7) is -0.567. The summed E-state index contributed by atoms with van der Waals surface area (Å²) in [5, 5.41) is 28.9. The van der Waals surface area contributed by atoms with Crippen molar-refractivity contribution < 1.29 is 37.6 Å². The van der Waals surface area contributed by atoms with Gasteiger partial charge in [0.15, 0.2) is 5.65 Å². The van der Waals surface area contributed by atoms with Gasteiger partial charge in [-0.25, -0.2) is 9.97 Å². The molecule has 0 spiro atoms. The summed E-state index contributed by atoms with van der Waals surface area (Å²) >= 11 is 5.02. The number of nitrogens with zero attached hydrogens (tertiary/aromatic N) is 2. The molecule has 1 unspecified atom stereocenters. The molecule has 3 heterocycles. The molecule has 4 N–H and O–H groups in total. The minimum absolute atomic E-state index is 0.0680. The number of aliphatic hydroxyl groups excluding tert-OH is 3. The minimum atomic E-state index is -5.03. The van der Waals surface area contributed by atoms with Crippen LogP contribution in [0.5, 0.6) is 0 Å². The van der Waals surface area contributed by atoms with Crippen molar-refractivity contribution in [2.24, 2.45) is 0 Å². The van der Waals surface area contributed by atoms with Gasteiger partial charge in [-0.2, -0.15) is 17.6 Å². The number of H-pyrrole nitrogens is 1. The lowest BCUT2D eigenvalue weighted by Gasteiger charge is -2.16. The van der Waals surface area contributed by atoms with E-state index in [-0.39, 0.29) is 15.7 Å². The van der Waals surface area contributed by atoms with E-state index in [0.717, 1.165) is 6.07 Å². The summed E-state index contributed by atoms with van der Waals surface area (Å²) < 4.78 is 56.8. The standard InChI is InChI=1S/C13H11F4N3O4S/c14-10-9(13(15,16)17)19-11-4(18-10)1-3(12(25)20-11)8-7(23)6(22)5(2-21)24-8/h1,5-8,21-23H,2H2,(H,19,20,25)/t5-,6+,7?,8+/m1/s1. The molecular formula is C13H11F4N3O4S. The fraction of sp³-hybridized carbons (Fsp3) is 0.462. The van der Waals surface area contributed by atoms with Gasteiger partial charge in [0, 0.05) is 5.56 Å². The molecule has 1 aliphatic rings. The monoisotopic (exact) mass is 381 g/mol. The van der Waals surface area contributed by atoms with Crippen molar-refractivity contribution >= 4 is 23.4 Å². The maximum absolute atomic E-state index is 13.6. The summed E-state index contributed by atoms with van der Waals surface area (Å²) in [7, 11) is 0. The van der Waals surface area contributed by atoms with Crippen LogP contribution in [0.15, 0.2) is 6.07 Å². The Balaban J connectivity index is 2.10. The molecule has 1 aliphatic heterocycles. The Morgan fingerprint density at radius 1 is 1.24 bits per heavy atom. The number of hydrogen-bond donors (Lipinski definition) is 4. The molecule has 1 saturated heterocycles. The number of nitrogens with one attached hydrogen (secondary N) is 1. The van der Waals surface area contributed by atoms with E-state index in [4.69, 9.17) is 22.1 Å². The van der Waals surface area contributed by atoms with Gasteiger partial charge in [-0.3, -0.25) is 0 Å². The molecule has 136 valence electrons. The van der Waals surface area contributed by atoms with Crippen molar-refractivity contribution in [2.75, 3.05) is 6.61 Å². The Morgan fingerprint density at radius 3 is 2.48 bits per heavy atom. The third-order valence-corrected chi connectivity index (χ3v) is 4.12.